The largest absolute Gasteiger partial charge is 0.300 e. The van der Waals surface area contributed by atoms with Crippen molar-refractivity contribution in [3.63, 3.8) is 0 Å². The van der Waals surface area contributed by atoms with Gasteiger partial charge in [0.2, 0.25) is 0 Å². The fourth-order valence-corrected chi connectivity index (χ4v) is 3.50. The van der Waals surface area contributed by atoms with Gasteiger partial charge in [0.15, 0.2) is 0 Å². The normalized spacial score (nSPS) is 32.9. The summed E-state index contributed by atoms with van der Waals surface area (Å²) < 4.78 is 1.21. The summed E-state index contributed by atoms with van der Waals surface area (Å²) in [4.78, 5) is 6.89. The summed E-state index contributed by atoms with van der Waals surface area (Å²) in [6.07, 6.45) is 9.25. The van der Waals surface area contributed by atoms with E-state index < -0.39 is 0 Å². The second kappa shape index (κ2) is 4.46. The summed E-state index contributed by atoms with van der Waals surface area (Å²) in [5.41, 5.74) is 1.36. The third-order valence-electron chi connectivity index (χ3n) is 4.07. The third kappa shape index (κ3) is 2.03. The van der Waals surface area contributed by atoms with Crippen LogP contribution in [0.25, 0.3) is 0 Å². The molecule has 1 aromatic rings. The van der Waals surface area contributed by atoms with Crippen LogP contribution in [-0.4, -0.2) is 29.0 Å². The molecule has 4 rings (SSSR count). The Labute approximate surface area is 105 Å². The number of halogens is 1. The fourth-order valence-electron chi connectivity index (χ4n) is 3.11. The second-order valence-corrected chi connectivity index (χ2v) is 5.89. The van der Waals surface area contributed by atoms with Crippen LogP contribution in [0.15, 0.2) is 22.9 Å². The van der Waals surface area contributed by atoms with E-state index in [-0.39, 0.29) is 0 Å². The maximum absolute atomic E-state index is 4.22. The minimum Gasteiger partial charge on any atom is -0.300 e. The molecule has 0 radical (unpaired) electrons. The first-order chi connectivity index (χ1) is 7.83. The van der Waals surface area contributed by atoms with Crippen LogP contribution in [0.1, 0.15) is 24.8 Å². The summed E-state index contributed by atoms with van der Waals surface area (Å²) in [5.74, 6) is 0.991. The molecule has 86 valence electrons. The van der Waals surface area contributed by atoms with Crippen LogP contribution in [0.2, 0.25) is 0 Å². The molecule has 0 amide bonds. The van der Waals surface area contributed by atoms with E-state index in [1.165, 1.54) is 42.4 Å². The van der Waals surface area contributed by atoms with Crippen LogP contribution < -0.4 is 0 Å². The van der Waals surface area contributed by atoms with Gasteiger partial charge in [-0.15, -0.1) is 0 Å². The van der Waals surface area contributed by atoms with Gasteiger partial charge in [-0.1, -0.05) is 15.9 Å². The highest BCUT2D eigenvalue weighted by Gasteiger charge is 2.33. The Bertz CT molecular complexity index is 372. The summed E-state index contributed by atoms with van der Waals surface area (Å²) in [7, 11) is 0. The second-order valence-electron chi connectivity index (χ2n) is 5.04. The molecule has 0 aromatic carbocycles. The maximum Gasteiger partial charge on any atom is 0.0311 e. The van der Waals surface area contributed by atoms with Crippen LogP contribution in [0.5, 0.6) is 0 Å². The molecule has 1 atom stereocenters. The van der Waals surface area contributed by atoms with Crippen LogP contribution in [0, 0.1) is 5.92 Å². The van der Waals surface area contributed by atoms with Crippen LogP contribution in [0.3, 0.4) is 0 Å². The predicted molar refractivity (Wildman–Crippen MR) is 68.3 cm³/mol. The van der Waals surface area contributed by atoms with E-state index in [1.807, 2.05) is 18.5 Å². The van der Waals surface area contributed by atoms with Crippen LogP contribution in [-0.2, 0) is 6.42 Å². The Morgan fingerprint density at radius 3 is 2.81 bits per heavy atom. The van der Waals surface area contributed by atoms with Crippen LogP contribution >= 0.6 is 15.9 Å². The first-order valence-electron chi connectivity index (χ1n) is 6.15. The molecule has 3 aliphatic heterocycles. The monoisotopic (exact) mass is 280 g/mol. The lowest BCUT2D eigenvalue weighted by Crippen LogP contribution is -2.49. The number of hydrogen-bond acceptors (Lipinski definition) is 2. The lowest BCUT2D eigenvalue weighted by atomic mass is 9.81. The molecule has 3 aliphatic rings. The SMILES string of the molecule is Brc1ccncc1CC1CC2CCN1CC2. The van der Waals surface area contributed by atoms with Crippen molar-refractivity contribution >= 4 is 15.9 Å². The third-order valence-corrected chi connectivity index (χ3v) is 4.84. The van der Waals surface area contributed by atoms with Gasteiger partial charge < -0.3 is 4.90 Å². The molecule has 0 spiro atoms. The smallest absolute Gasteiger partial charge is 0.0311 e. The highest BCUT2D eigenvalue weighted by Crippen LogP contribution is 2.33. The van der Waals surface area contributed by atoms with Gasteiger partial charge in [-0.05, 0) is 56.3 Å². The van der Waals surface area contributed by atoms with E-state index >= 15 is 0 Å². The Kier molecular flexibility index (Phi) is 2.99. The predicted octanol–water partition coefficient (Wildman–Crippen LogP) is 2.87. The first-order valence-corrected chi connectivity index (χ1v) is 6.94. The number of piperidine rings is 3. The molecule has 4 heterocycles. The summed E-state index contributed by atoms with van der Waals surface area (Å²) in [6.45, 7) is 2.63. The molecule has 0 N–H and O–H groups in total. The summed E-state index contributed by atoms with van der Waals surface area (Å²) in [5, 5.41) is 0. The number of fused-ring (bicyclic) bond motifs is 3. The zero-order valence-corrected chi connectivity index (χ0v) is 11.0. The lowest BCUT2D eigenvalue weighted by Gasteiger charge is -2.45. The van der Waals surface area contributed by atoms with Gasteiger partial charge in [0.1, 0.15) is 0 Å². The molecule has 0 saturated carbocycles. The van der Waals surface area contributed by atoms with E-state index in [9.17, 15) is 0 Å². The van der Waals surface area contributed by atoms with E-state index in [0.717, 1.165) is 18.4 Å². The van der Waals surface area contributed by atoms with Gasteiger partial charge in [0.05, 0.1) is 0 Å². The Balaban J connectivity index is 1.73. The molecule has 16 heavy (non-hydrogen) atoms. The standard InChI is InChI=1S/C13H17BrN2/c14-13-1-4-15-9-11(13)8-12-7-10-2-5-16(12)6-3-10/h1,4,9-10,12H,2-3,5-8H2. The van der Waals surface area contributed by atoms with Gasteiger partial charge in [0, 0.05) is 22.9 Å². The molecule has 1 aromatic heterocycles. The topological polar surface area (TPSA) is 16.1 Å². The molecular formula is C13H17BrN2. The van der Waals surface area contributed by atoms with Crippen molar-refractivity contribution in [1.29, 1.82) is 0 Å². The number of pyridine rings is 1. The van der Waals surface area contributed by atoms with Crippen molar-refractivity contribution < 1.29 is 0 Å². The van der Waals surface area contributed by atoms with Crippen molar-refractivity contribution in [3.05, 3.63) is 28.5 Å². The zero-order chi connectivity index (χ0) is 11.0. The molecule has 2 bridgehead atoms. The number of rotatable bonds is 2. The summed E-state index contributed by atoms with van der Waals surface area (Å²) in [6, 6.07) is 2.80. The highest BCUT2D eigenvalue weighted by molar-refractivity contribution is 9.10. The minimum atomic E-state index is 0.757. The quantitative estimate of drug-likeness (QED) is 0.828. The molecule has 0 aliphatic carbocycles. The molecular weight excluding hydrogens is 264 g/mol. The number of nitrogens with zero attached hydrogens (tertiary/aromatic N) is 2. The maximum atomic E-state index is 4.22. The van der Waals surface area contributed by atoms with Gasteiger partial charge in [-0.25, -0.2) is 0 Å². The lowest BCUT2D eigenvalue weighted by molar-refractivity contribution is 0.0497. The molecule has 2 nitrogen and oxygen atoms in total. The van der Waals surface area contributed by atoms with Crippen molar-refractivity contribution in [1.82, 2.24) is 9.88 Å². The Hall–Kier alpha value is -0.410. The minimum absolute atomic E-state index is 0.757. The van der Waals surface area contributed by atoms with Crippen molar-refractivity contribution in [2.45, 2.75) is 31.7 Å². The summed E-state index contributed by atoms with van der Waals surface area (Å²) >= 11 is 3.62. The molecule has 3 heteroatoms. The van der Waals surface area contributed by atoms with Gasteiger partial charge in [0.25, 0.3) is 0 Å². The molecule has 3 saturated heterocycles. The molecule has 1 unspecified atom stereocenters. The van der Waals surface area contributed by atoms with Crippen LogP contribution in [0.4, 0.5) is 0 Å². The number of hydrogen-bond donors (Lipinski definition) is 0. The Morgan fingerprint density at radius 2 is 2.19 bits per heavy atom. The van der Waals surface area contributed by atoms with Gasteiger partial charge in [-0.3, -0.25) is 4.98 Å². The van der Waals surface area contributed by atoms with Gasteiger partial charge >= 0.3 is 0 Å². The van der Waals surface area contributed by atoms with Crippen molar-refractivity contribution in [3.8, 4) is 0 Å². The van der Waals surface area contributed by atoms with Gasteiger partial charge in [-0.2, -0.15) is 0 Å². The van der Waals surface area contributed by atoms with Crippen molar-refractivity contribution in [2.75, 3.05) is 13.1 Å². The van der Waals surface area contributed by atoms with Crippen molar-refractivity contribution in [2.24, 2.45) is 5.92 Å². The van der Waals surface area contributed by atoms with E-state index in [0.29, 0.717) is 0 Å². The van der Waals surface area contributed by atoms with E-state index in [1.54, 1.807) is 0 Å². The zero-order valence-electron chi connectivity index (χ0n) is 9.40. The number of aromatic nitrogens is 1. The van der Waals surface area contributed by atoms with E-state index in [4.69, 9.17) is 0 Å². The average Bonchev–Trinajstić information content (AvgIpc) is 2.34. The molecule has 3 fully saturated rings. The average molecular weight is 281 g/mol. The Morgan fingerprint density at radius 1 is 1.38 bits per heavy atom. The first kappa shape index (κ1) is 10.7. The highest BCUT2D eigenvalue weighted by atomic mass is 79.9. The van der Waals surface area contributed by atoms with E-state index in [2.05, 4.69) is 25.8 Å². The fraction of sp³-hybridized carbons (Fsp3) is 0.615.